The van der Waals surface area contributed by atoms with Gasteiger partial charge in [0.25, 0.3) is 0 Å². The third-order valence-electron chi connectivity index (χ3n) is 3.69. The SMILES string of the molecule is CCC(c1ccc(F)cc1)C1CCNCC1. The number of benzene rings is 1. The number of nitrogens with one attached hydrogen (secondary N) is 1. The molecular formula is C14H20FN. The lowest BCUT2D eigenvalue weighted by atomic mass is 9.79. The van der Waals surface area contributed by atoms with E-state index in [1.54, 1.807) is 12.1 Å². The Kier molecular flexibility index (Phi) is 3.94. The van der Waals surface area contributed by atoms with Crippen LogP contribution in [0.5, 0.6) is 0 Å². The fourth-order valence-electron chi connectivity index (χ4n) is 2.80. The van der Waals surface area contributed by atoms with E-state index in [-0.39, 0.29) is 5.82 Å². The van der Waals surface area contributed by atoms with Crippen molar-refractivity contribution in [2.24, 2.45) is 5.92 Å². The zero-order chi connectivity index (χ0) is 11.4. The second-order valence-corrected chi connectivity index (χ2v) is 4.65. The van der Waals surface area contributed by atoms with Gasteiger partial charge >= 0.3 is 0 Å². The van der Waals surface area contributed by atoms with E-state index in [9.17, 15) is 4.39 Å². The Hall–Kier alpha value is -0.890. The molecule has 88 valence electrons. The second kappa shape index (κ2) is 5.44. The molecule has 1 aromatic rings. The van der Waals surface area contributed by atoms with E-state index in [1.807, 2.05) is 12.1 Å². The Labute approximate surface area is 97.1 Å². The van der Waals surface area contributed by atoms with Crippen molar-refractivity contribution in [3.8, 4) is 0 Å². The molecule has 0 amide bonds. The third-order valence-corrected chi connectivity index (χ3v) is 3.69. The maximum atomic E-state index is 12.9. The average molecular weight is 221 g/mol. The van der Waals surface area contributed by atoms with E-state index < -0.39 is 0 Å². The van der Waals surface area contributed by atoms with Gasteiger partial charge in [-0.05, 0) is 61.9 Å². The molecule has 1 aromatic carbocycles. The summed E-state index contributed by atoms with van der Waals surface area (Å²) in [6.45, 7) is 4.49. The van der Waals surface area contributed by atoms with Gasteiger partial charge in [-0.3, -0.25) is 0 Å². The van der Waals surface area contributed by atoms with Gasteiger partial charge in [-0.15, -0.1) is 0 Å². The van der Waals surface area contributed by atoms with E-state index in [2.05, 4.69) is 12.2 Å². The minimum absolute atomic E-state index is 0.135. The Morgan fingerprint density at radius 1 is 1.25 bits per heavy atom. The number of hydrogen-bond acceptors (Lipinski definition) is 1. The van der Waals surface area contributed by atoms with Gasteiger partial charge in [0.2, 0.25) is 0 Å². The molecule has 0 spiro atoms. The summed E-state index contributed by atoms with van der Waals surface area (Å²) in [4.78, 5) is 0. The predicted molar refractivity (Wildman–Crippen MR) is 65.0 cm³/mol. The molecular weight excluding hydrogens is 201 g/mol. The Balaban J connectivity index is 2.11. The lowest BCUT2D eigenvalue weighted by Gasteiger charge is -2.30. The zero-order valence-corrected chi connectivity index (χ0v) is 9.88. The Morgan fingerprint density at radius 2 is 1.88 bits per heavy atom. The lowest BCUT2D eigenvalue weighted by Crippen LogP contribution is -2.30. The lowest BCUT2D eigenvalue weighted by molar-refractivity contribution is 0.312. The first kappa shape index (κ1) is 11.6. The van der Waals surface area contributed by atoms with Crippen LogP contribution in [0.1, 0.15) is 37.7 Å². The highest BCUT2D eigenvalue weighted by atomic mass is 19.1. The predicted octanol–water partition coefficient (Wildman–Crippen LogP) is 3.32. The Bertz CT molecular complexity index is 314. The maximum Gasteiger partial charge on any atom is 0.123 e. The largest absolute Gasteiger partial charge is 0.317 e. The highest BCUT2D eigenvalue weighted by Gasteiger charge is 2.23. The summed E-state index contributed by atoms with van der Waals surface area (Å²) < 4.78 is 12.9. The first-order valence-corrected chi connectivity index (χ1v) is 6.27. The molecule has 0 saturated carbocycles. The van der Waals surface area contributed by atoms with Gasteiger partial charge in [-0.1, -0.05) is 19.1 Å². The summed E-state index contributed by atoms with van der Waals surface area (Å²) in [5.74, 6) is 1.23. The van der Waals surface area contributed by atoms with Crippen LogP contribution < -0.4 is 5.32 Å². The fraction of sp³-hybridized carbons (Fsp3) is 0.571. The van der Waals surface area contributed by atoms with Crippen LogP contribution in [-0.2, 0) is 0 Å². The molecule has 1 aliphatic heterocycles. The Morgan fingerprint density at radius 3 is 2.44 bits per heavy atom. The van der Waals surface area contributed by atoms with Crippen LogP contribution in [0.25, 0.3) is 0 Å². The molecule has 1 N–H and O–H groups in total. The molecule has 0 aromatic heterocycles. The van der Waals surface area contributed by atoms with Crippen molar-refractivity contribution in [3.05, 3.63) is 35.6 Å². The van der Waals surface area contributed by atoms with E-state index in [0.717, 1.165) is 25.4 Å². The van der Waals surface area contributed by atoms with Crippen molar-refractivity contribution in [3.63, 3.8) is 0 Å². The van der Waals surface area contributed by atoms with Gasteiger partial charge in [0, 0.05) is 0 Å². The van der Waals surface area contributed by atoms with Crippen LogP contribution in [0, 0.1) is 11.7 Å². The maximum absolute atomic E-state index is 12.9. The molecule has 0 bridgehead atoms. The third kappa shape index (κ3) is 2.62. The highest BCUT2D eigenvalue weighted by molar-refractivity contribution is 5.21. The fourth-order valence-corrected chi connectivity index (χ4v) is 2.80. The van der Waals surface area contributed by atoms with Crippen LogP contribution in [0.2, 0.25) is 0 Å². The van der Waals surface area contributed by atoms with Crippen molar-refractivity contribution in [1.82, 2.24) is 5.32 Å². The van der Waals surface area contributed by atoms with Gasteiger partial charge in [0.15, 0.2) is 0 Å². The summed E-state index contributed by atoms with van der Waals surface area (Å²) in [7, 11) is 0. The molecule has 1 fully saturated rings. The molecule has 0 aliphatic carbocycles. The molecule has 1 atom stereocenters. The topological polar surface area (TPSA) is 12.0 Å². The van der Waals surface area contributed by atoms with Gasteiger partial charge < -0.3 is 5.32 Å². The summed E-state index contributed by atoms with van der Waals surface area (Å²) in [5.41, 5.74) is 1.30. The summed E-state index contributed by atoms with van der Waals surface area (Å²) in [6, 6.07) is 7.06. The second-order valence-electron chi connectivity index (χ2n) is 4.65. The highest BCUT2D eigenvalue weighted by Crippen LogP contribution is 2.33. The average Bonchev–Trinajstić information content (AvgIpc) is 2.34. The van der Waals surface area contributed by atoms with Crippen molar-refractivity contribution in [1.29, 1.82) is 0 Å². The van der Waals surface area contributed by atoms with Crippen molar-refractivity contribution >= 4 is 0 Å². The molecule has 1 heterocycles. The smallest absolute Gasteiger partial charge is 0.123 e. The molecule has 1 unspecified atom stereocenters. The van der Waals surface area contributed by atoms with Gasteiger partial charge in [0.1, 0.15) is 5.82 Å². The normalized spacial score (nSPS) is 19.6. The quantitative estimate of drug-likeness (QED) is 0.825. The zero-order valence-electron chi connectivity index (χ0n) is 9.88. The minimum Gasteiger partial charge on any atom is -0.317 e. The first-order valence-electron chi connectivity index (χ1n) is 6.27. The molecule has 1 nitrogen and oxygen atoms in total. The molecule has 16 heavy (non-hydrogen) atoms. The number of rotatable bonds is 3. The molecule has 2 heteroatoms. The number of hydrogen-bond donors (Lipinski definition) is 1. The minimum atomic E-state index is -0.135. The van der Waals surface area contributed by atoms with Crippen molar-refractivity contribution in [2.45, 2.75) is 32.1 Å². The summed E-state index contributed by atoms with van der Waals surface area (Å²) in [6.07, 6.45) is 3.64. The number of piperidine rings is 1. The molecule has 0 radical (unpaired) electrons. The monoisotopic (exact) mass is 221 g/mol. The van der Waals surface area contributed by atoms with Crippen molar-refractivity contribution in [2.75, 3.05) is 13.1 Å². The standard InChI is InChI=1S/C14H20FN/c1-2-14(12-7-9-16-10-8-12)11-3-5-13(15)6-4-11/h3-6,12,14,16H,2,7-10H2,1H3. The van der Waals surface area contributed by atoms with Gasteiger partial charge in [-0.25, -0.2) is 4.39 Å². The van der Waals surface area contributed by atoms with Crippen LogP contribution >= 0.6 is 0 Å². The van der Waals surface area contributed by atoms with Crippen LogP contribution in [0.4, 0.5) is 4.39 Å². The van der Waals surface area contributed by atoms with E-state index in [0.29, 0.717) is 5.92 Å². The number of halogens is 1. The van der Waals surface area contributed by atoms with Gasteiger partial charge in [-0.2, -0.15) is 0 Å². The molecule has 1 saturated heterocycles. The summed E-state index contributed by atoms with van der Waals surface area (Å²) in [5, 5.41) is 3.39. The first-order chi connectivity index (χ1) is 7.81. The molecule has 2 rings (SSSR count). The van der Waals surface area contributed by atoms with Crippen molar-refractivity contribution < 1.29 is 4.39 Å². The van der Waals surface area contributed by atoms with E-state index in [4.69, 9.17) is 0 Å². The van der Waals surface area contributed by atoms with E-state index in [1.165, 1.54) is 18.4 Å². The van der Waals surface area contributed by atoms with Crippen LogP contribution in [-0.4, -0.2) is 13.1 Å². The molecule has 1 aliphatic rings. The van der Waals surface area contributed by atoms with Crippen LogP contribution in [0.3, 0.4) is 0 Å². The van der Waals surface area contributed by atoms with Crippen LogP contribution in [0.15, 0.2) is 24.3 Å². The summed E-state index contributed by atoms with van der Waals surface area (Å²) >= 11 is 0. The van der Waals surface area contributed by atoms with E-state index >= 15 is 0 Å². The van der Waals surface area contributed by atoms with Gasteiger partial charge in [0.05, 0.1) is 0 Å².